The molecule has 0 bridgehead atoms. The topological polar surface area (TPSA) is 63.2 Å². The predicted molar refractivity (Wildman–Crippen MR) is 87.3 cm³/mol. The van der Waals surface area contributed by atoms with Crippen molar-refractivity contribution in [3.8, 4) is 0 Å². The average molecular weight is 344 g/mol. The summed E-state index contributed by atoms with van der Waals surface area (Å²) in [5.41, 5.74) is 1.00. The maximum atomic E-state index is 11.7. The Morgan fingerprint density at radius 1 is 1.50 bits per heavy atom. The van der Waals surface area contributed by atoms with E-state index in [2.05, 4.69) is 15.6 Å². The first-order valence-corrected chi connectivity index (χ1v) is 6.96. The number of carbonyl (C=O) groups excluding carboxylic acids is 1. The van der Waals surface area contributed by atoms with Gasteiger partial charge in [-0.1, -0.05) is 6.92 Å². The maximum Gasteiger partial charge on any atom is 0.234 e. The summed E-state index contributed by atoms with van der Waals surface area (Å²) in [6, 6.07) is 0.0143. The van der Waals surface area contributed by atoms with Crippen LogP contribution in [0.5, 0.6) is 0 Å². The molecule has 0 spiro atoms. The van der Waals surface area contributed by atoms with Gasteiger partial charge < -0.3 is 15.4 Å². The van der Waals surface area contributed by atoms with Crippen LogP contribution in [-0.2, 0) is 9.53 Å². The van der Waals surface area contributed by atoms with E-state index >= 15 is 0 Å². The molecular formula is C12H23Cl2N3O2S. The van der Waals surface area contributed by atoms with Gasteiger partial charge in [0.2, 0.25) is 5.91 Å². The van der Waals surface area contributed by atoms with Gasteiger partial charge in [-0.2, -0.15) is 0 Å². The third-order valence-corrected chi connectivity index (χ3v) is 3.52. The van der Waals surface area contributed by atoms with Crippen LogP contribution >= 0.6 is 36.2 Å². The van der Waals surface area contributed by atoms with E-state index in [0.717, 1.165) is 17.1 Å². The van der Waals surface area contributed by atoms with Gasteiger partial charge >= 0.3 is 0 Å². The highest BCUT2D eigenvalue weighted by Gasteiger charge is 2.15. The van der Waals surface area contributed by atoms with Crippen molar-refractivity contribution in [1.82, 2.24) is 15.6 Å². The van der Waals surface area contributed by atoms with Crippen LogP contribution in [0.3, 0.4) is 0 Å². The van der Waals surface area contributed by atoms with Gasteiger partial charge in [0, 0.05) is 24.7 Å². The Morgan fingerprint density at radius 3 is 2.70 bits per heavy atom. The summed E-state index contributed by atoms with van der Waals surface area (Å²) in [6.07, 6.45) is 0.844. The quantitative estimate of drug-likeness (QED) is 0.709. The normalized spacial score (nSPS) is 11.2. The number of nitrogens with one attached hydrogen (secondary N) is 2. The lowest BCUT2D eigenvalue weighted by Crippen LogP contribution is -2.37. The van der Waals surface area contributed by atoms with Crippen molar-refractivity contribution in [2.45, 2.75) is 26.3 Å². The van der Waals surface area contributed by atoms with Crippen molar-refractivity contribution in [3.05, 3.63) is 16.1 Å². The van der Waals surface area contributed by atoms with E-state index < -0.39 is 0 Å². The largest absolute Gasteiger partial charge is 0.383 e. The average Bonchev–Trinajstić information content (AvgIpc) is 2.78. The monoisotopic (exact) mass is 343 g/mol. The second-order valence-electron chi connectivity index (χ2n) is 4.03. The molecule has 5 nitrogen and oxygen atoms in total. The number of aromatic nitrogens is 1. The third kappa shape index (κ3) is 8.01. The van der Waals surface area contributed by atoms with Crippen LogP contribution < -0.4 is 10.6 Å². The summed E-state index contributed by atoms with van der Waals surface area (Å²) >= 11 is 1.59. The molecule has 20 heavy (non-hydrogen) atoms. The zero-order chi connectivity index (χ0) is 13.4. The molecule has 1 unspecified atom stereocenters. The van der Waals surface area contributed by atoms with E-state index in [1.165, 1.54) is 0 Å². The highest BCUT2D eigenvalue weighted by molar-refractivity contribution is 7.09. The minimum Gasteiger partial charge on any atom is -0.383 e. The van der Waals surface area contributed by atoms with Gasteiger partial charge in [-0.15, -0.1) is 36.2 Å². The lowest BCUT2D eigenvalue weighted by Gasteiger charge is -2.14. The van der Waals surface area contributed by atoms with Gasteiger partial charge in [0.1, 0.15) is 5.01 Å². The molecule has 0 aromatic carbocycles. The number of ether oxygens (including phenoxy) is 1. The van der Waals surface area contributed by atoms with E-state index in [9.17, 15) is 4.79 Å². The van der Waals surface area contributed by atoms with Crippen LogP contribution in [0.2, 0.25) is 0 Å². The first-order chi connectivity index (χ1) is 8.67. The smallest absolute Gasteiger partial charge is 0.234 e. The summed E-state index contributed by atoms with van der Waals surface area (Å²) < 4.78 is 4.90. The van der Waals surface area contributed by atoms with Crippen molar-refractivity contribution in [1.29, 1.82) is 0 Å². The highest BCUT2D eigenvalue weighted by atomic mass is 35.5. The predicted octanol–water partition coefficient (Wildman–Crippen LogP) is 2.10. The zero-order valence-corrected chi connectivity index (χ0v) is 14.4. The molecule has 0 saturated carbocycles. The first kappa shape index (κ1) is 21.9. The number of aryl methyl sites for hydroxylation is 1. The number of thiazole rings is 1. The van der Waals surface area contributed by atoms with Crippen LogP contribution in [0.4, 0.5) is 0 Å². The Balaban J connectivity index is 0. The fourth-order valence-corrected chi connectivity index (χ4v) is 2.42. The van der Waals surface area contributed by atoms with E-state index in [0.29, 0.717) is 19.7 Å². The fraction of sp³-hybridized carbons (Fsp3) is 0.667. The molecule has 0 saturated heterocycles. The molecule has 2 N–H and O–H groups in total. The number of amides is 1. The fourth-order valence-electron chi connectivity index (χ4n) is 1.49. The highest BCUT2D eigenvalue weighted by Crippen LogP contribution is 2.20. The number of hydrogen-bond acceptors (Lipinski definition) is 5. The molecule has 1 rings (SSSR count). The standard InChI is InChI=1S/C12H21N3O2S.2ClH/c1-4-10(12-14-9(2)8-18-12)15-11(16)7-13-5-6-17-3;;/h8,10,13H,4-7H2,1-3H3,(H,15,16);2*1H. The Morgan fingerprint density at radius 2 is 2.20 bits per heavy atom. The molecule has 0 fully saturated rings. The molecule has 1 aromatic heterocycles. The second-order valence-corrected chi connectivity index (χ2v) is 4.91. The van der Waals surface area contributed by atoms with E-state index in [4.69, 9.17) is 4.74 Å². The number of halogens is 2. The molecule has 118 valence electrons. The Hall–Kier alpha value is -0.400. The Labute approximate surface area is 136 Å². The number of methoxy groups -OCH3 is 1. The lowest BCUT2D eigenvalue weighted by molar-refractivity contribution is -0.121. The van der Waals surface area contributed by atoms with Crippen LogP contribution in [-0.4, -0.2) is 37.7 Å². The maximum absolute atomic E-state index is 11.7. The third-order valence-electron chi connectivity index (χ3n) is 2.45. The van der Waals surface area contributed by atoms with Crippen LogP contribution in [0.25, 0.3) is 0 Å². The van der Waals surface area contributed by atoms with Crippen molar-refractivity contribution >= 4 is 42.1 Å². The van der Waals surface area contributed by atoms with Gasteiger partial charge in [-0.05, 0) is 13.3 Å². The molecule has 1 heterocycles. The van der Waals surface area contributed by atoms with E-state index in [1.807, 2.05) is 19.2 Å². The van der Waals surface area contributed by atoms with Gasteiger partial charge in [0.05, 0.1) is 19.2 Å². The summed E-state index contributed by atoms with van der Waals surface area (Å²) in [5.74, 6) is -0.00851. The Bertz CT molecular complexity index is 377. The van der Waals surface area contributed by atoms with Crippen molar-refractivity contribution < 1.29 is 9.53 Å². The van der Waals surface area contributed by atoms with E-state index in [1.54, 1.807) is 18.4 Å². The summed E-state index contributed by atoms with van der Waals surface area (Å²) in [7, 11) is 1.64. The van der Waals surface area contributed by atoms with Gasteiger partial charge in [-0.25, -0.2) is 4.98 Å². The molecule has 0 radical (unpaired) electrons. The zero-order valence-electron chi connectivity index (χ0n) is 12.0. The molecule has 1 aromatic rings. The molecular weight excluding hydrogens is 321 g/mol. The van der Waals surface area contributed by atoms with Crippen LogP contribution in [0.15, 0.2) is 5.38 Å². The molecule has 1 atom stereocenters. The molecule has 1 amide bonds. The first-order valence-electron chi connectivity index (χ1n) is 6.08. The molecule has 8 heteroatoms. The number of nitrogens with zero attached hydrogens (tertiary/aromatic N) is 1. The second kappa shape index (κ2) is 12.3. The Kier molecular flexibility index (Phi) is 13.5. The minimum atomic E-state index is -0.00851. The van der Waals surface area contributed by atoms with E-state index in [-0.39, 0.29) is 36.8 Å². The number of hydrogen-bond donors (Lipinski definition) is 2. The van der Waals surface area contributed by atoms with Crippen molar-refractivity contribution in [2.24, 2.45) is 0 Å². The van der Waals surface area contributed by atoms with Gasteiger partial charge in [0.25, 0.3) is 0 Å². The van der Waals surface area contributed by atoms with Crippen LogP contribution in [0, 0.1) is 6.92 Å². The summed E-state index contributed by atoms with van der Waals surface area (Å²) in [4.78, 5) is 16.1. The molecule has 0 aliphatic rings. The summed E-state index contributed by atoms with van der Waals surface area (Å²) in [5, 5.41) is 8.97. The SMILES string of the molecule is CCC(NC(=O)CNCCOC)c1nc(C)cs1.Cl.Cl. The minimum absolute atomic E-state index is 0. The van der Waals surface area contributed by atoms with Gasteiger partial charge in [0.15, 0.2) is 0 Å². The van der Waals surface area contributed by atoms with Crippen LogP contribution in [0.1, 0.15) is 30.1 Å². The lowest BCUT2D eigenvalue weighted by atomic mass is 10.2. The van der Waals surface area contributed by atoms with Crippen molar-refractivity contribution in [2.75, 3.05) is 26.8 Å². The summed E-state index contributed by atoms with van der Waals surface area (Å²) in [6.45, 7) is 5.60. The molecule has 0 aliphatic heterocycles. The number of rotatable bonds is 8. The van der Waals surface area contributed by atoms with Gasteiger partial charge in [-0.3, -0.25) is 4.79 Å². The number of carbonyl (C=O) groups is 1. The molecule has 0 aliphatic carbocycles. The van der Waals surface area contributed by atoms with Crippen molar-refractivity contribution in [3.63, 3.8) is 0 Å².